The second kappa shape index (κ2) is 57.5. The highest BCUT2D eigenvalue weighted by Gasteiger charge is 1.98. The zero-order valence-electron chi connectivity index (χ0n) is 41.3. The van der Waals surface area contributed by atoms with Crippen LogP contribution in [0.15, 0.2) is 0 Å². The average molecular weight is 839 g/mol. The third-order valence-electron chi connectivity index (χ3n) is 13.1. The topological polar surface area (TPSA) is 0 Å². The van der Waals surface area contributed by atoms with E-state index in [-0.39, 0.29) is 0 Å². The van der Waals surface area contributed by atoms with Gasteiger partial charge in [0.25, 0.3) is 0 Å². The standard InChI is InChI=1S/C58H111P/c1-3-5-7-9-11-13-15-17-19-21-23-25-27-29-31-33-35-37-39-41-43-45-47-49-51-53-55-57-59-58-56-54-52-50-48-46-44-42-40-38-36-34-32-30-28-26-24-22-20-18-16-14-12-10-8-6-4-2/h59H,3-54H2,1-2H3. The molecule has 0 amide bonds. The van der Waals surface area contributed by atoms with Crippen LogP contribution in [0, 0.1) is 23.2 Å². The molecular weight excluding hydrogens is 728 g/mol. The fourth-order valence-electron chi connectivity index (χ4n) is 8.95. The zero-order chi connectivity index (χ0) is 42.3. The highest BCUT2D eigenvalue weighted by atomic mass is 31.1. The minimum absolute atomic E-state index is 0.530. The third-order valence-corrected chi connectivity index (χ3v) is 13.7. The van der Waals surface area contributed by atoms with Crippen molar-refractivity contribution in [2.75, 3.05) is 0 Å². The molecule has 0 radical (unpaired) electrons. The second-order valence-electron chi connectivity index (χ2n) is 19.2. The van der Waals surface area contributed by atoms with E-state index in [9.17, 15) is 0 Å². The maximum absolute atomic E-state index is 3.38. The molecule has 0 unspecified atom stereocenters. The van der Waals surface area contributed by atoms with Crippen molar-refractivity contribution in [2.24, 2.45) is 0 Å². The van der Waals surface area contributed by atoms with Gasteiger partial charge < -0.3 is 0 Å². The van der Waals surface area contributed by atoms with Crippen LogP contribution in [0.3, 0.4) is 0 Å². The van der Waals surface area contributed by atoms with E-state index in [1.807, 2.05) is 0 Å². The van der Waals surface area contributed by atoms with Crippen LogP contribution in [0.5, 0.6) is 0 Å². The molecule has 0 bridgehead atoms. The zero-order valence-corrected chi connectivity index (χ0v) is 42.3. The van der Waals surface area contributed by atoms with Crippen LogP contribution in [0.4, 0.5) is 0 Å². The Morgan fingerprint density at radius 2 is 0.322 bits per heavy atom. The van der Waals surface area contributed by atoms with E-state index in [1.54, 1.807) is 0 Å². The summed E-state index contributed by atoms with van der Waals surface area (Å²) in [5, 5.41) is 0. The van der Waals surface area contributed by atoms with Crippen molar-refractivity contribution in [3.8, 4) is 23.2 Å². The lowest BCUT2D eigenvalue weighted by Crippen LogP contribution is -1.84. The van der Waals surface area contributed by atoms with Gasteiger partial charge in [0, 0.05) is 21.4 Å². The first-order chi connectivity index (χ1) is 29.4. The molecule has 0 rings (SSSR count). The summed E-state index contributed by atoms with van der Waals surface area (Å²) in [7, 11) is 0.530. The molecule has 0 aliphatic heterocycles. The molecule has 0 spiro atoms. The first kappa shape index (κ1) is 58.6. The van der Waals surface area contributed by atoms with Gasteiger partial charge in [0.2, 0.25) is 0 Å². The fourth-order valence-corrected chi connectivity index (χ4v) is 9.44. The Morgan fingerprint density at radius 1 is 0.186 bits per heavy atom. The molecule has 0 aliphatic rings. The lowest BCUT2D eigenvalue weighted by atomic mass is 10.0. The van der Waals surface area contributed by atoms with Gasteiger partial charge in [0.05, 0.1) is 0 Å². The van der Waals surface area contributed by atoms with E-state index < -0.39 is 0 Å². The van der Waals surface area contributed by atoms with Crippen LogP contribution >= 0.6 is 8.58 Å². The maximum Gasteiger partial charge on any atom is 0.0358 e. The van der Waals surface area contributed by atoms with Gasteiger partial charge in [-0.25, -0.2) is 0 Å². The van der Waals surface area contributed by atoms with Crippen LogP contribution in [-0.4, -0.2) is 0 Å². The molecule has 0 saturated heterocycles. The molecule has 0 aromatic heterocycles. The van der Waals surface area contributed by atoms with E-state index in [0.717, 1.165) is 12.8 Å². The maximum atomic E-state index is 3.38. The summed E-state index contributed by atoms with van der Waals surface area (Å²) in [6.07, 6.45) is 74.8. The summed E-state index contributed by atoms with van der Waals surface area (Å²) in [4.78, 5) is 0. The fraction of sp³-hybridized carbons (Fsp3) is 0.931. The lowest BCUT2D eigenvalue weighted by molar-refractivity contribution is 0.516. The van der Waals surface area contributed by atoms with Gasteiger partial charge in [0.15, 0.2) is 0 Å². The minimum Gasteiger partial charge on any atom is -0.0979 e. The van der Waals surface area contributed by atoms with Gasteiger partial charge in [-0.3, -0.25) is 0 Å². The monoisotopic (exact) mass is 839 g/mol. The smallest absolute Gasteiger partial charge is 0.0358 e. The van der Waals surface area contributed by atoms with Crippen molar-refractivity contribution in [3.63, 3.8) is 0 Å². The normalized spacial score (nSPS) is 11.2. The van der Waals surface area contributed by atoms with Crippen molar-refractivity contribution in [3.05, 3.63) is 0 Å². The number of unbranched alkanes of at least 4 members (excludes halogenated alkanes) is 50. The first-order valence-electron chi connectivity index (χ1n) is 28.1. The molecule has 0 aliphatic carbocycles. The molecule has 0 aromatic rings. The molecule has 0 saturated carbocycles. The summed E-state index contributed by atoms with van der Waals surface area (Å²) in [6, 6.07) is 0. The Bertz CT molecular complexity index is 782. The van der Waals surface area contributed by atoms with E-state index >= 15 is 0 Å². The van der Waals surface area contributed by atoms with E-state index in [4.69, 9.17) is 0 Å². The first-order valence-corrected chi connectivity index (χ1v) is 29.1. The van der Waals surface area contributed by atoms with Gasteiger partial charge in [-0.05, 0) is 12.8 Å². The minimum atomic E-state index is 0.530. The van der Waals surface area contributed by atoms with Crippen LogP contribution in [-0.2, 0) is 0 Å². The summed E-state index contributed by atoms with van der Waals surface area (Å²) >= 11 is 0. The molecule has 59 heavy (non-hydrogen) atoms. The number of rotatable bonds is 50. The highest BCUT2D eigenvalue weighted by molar-refractivity contribution is 7.49. The van der Waals surface area contributed by atoms with Crippen LogP contribution < -0.4 is 0 Å². The molecule has 0 heterocycles. The molecule has 0 aromatic carbocycles. The molecule has 348 valence electrons. The quantitative estimate of drug-likeness (QED) is 0.0325. The lowest BCUT2D eigenvalue weighted by Gasteiger charge is -2.04. The predicted octanol–water partition coefficient (Wildman–Crippen LogP) is 21.9. The Balaban J connectivity index is 3.17. The van der Waals surface area contributed by atoms with Gasteiger partial charge >= 0.3 is 0 Å². The van der Waals surface area contributed by atoms with Gasteiger partial charge in [-0.1, -0.05) is 345 Å². The highest BCUT2D eigenvalue weighted by Crippen LogP contribution is 2.18. The third kappa shape index (κ3) is 57.5. The molecular formula is C58H111P. The van der Waals surface area contributed by atoms with Crippen molar-refractivity contribution >= 4 is 8.58 Å². The van der Waals surface area contributed by atoms with E-state index in [2.05, 4.69) is 37.0 Å². The molecule has 0 N–H and O–H groups in total. The number of hydrogen-bond donors (Lipinski definition) is 0. The Kier molecular flexibility index (Phi) is 57.1. The molecule has 0 atom stereocenters. The molecule has 0 fully saturated rings. The van der Waals surface area contributed by atoms with Gasteiger partial charge in [0.1, 0.15) is 0 Å². The Hall–Kier alpha value is -0.450. The summed E-state index contributed by atoms with van der Waals surface area (Å²) in [5.41, 5.74) is 6.65. The van der Waals surface area contributed by atoms with Crippen molar-refractivity contribution in [1.82, 2.24) is 0 Å². The summed E-state index contributed by atoms with van der Waals surface area (Å²) < 4.78 is 0. The van der Waals surface area contributed by atoms with Crippen molar-refractivity contribution in [1.29, 1.82) is 0 Å². The average Bonchev–Trinajstić information content (AvgIpc) is 3.25. The molecule has 0 nitrogen and oxygen atoms in total. The van der Waals surface area contributed by atoms with Crippen LogP contribution in [0.2, 0.25) is 0 Å². The van der Waals surface area contributed by atoms with Crippen LogP contribution in [0.1, 0.15) is 348 Å². The Morgan fingerprint density at radius 3 is 0.475 bits per heavy atom. The van der Waals surface area contributed by atoms with Crippen LogP contribution in [0.25, 0.3) is 0 Å². The predicted molar refractivity (Wildman–Crippen MR) is 275 cm³/mol. The van der Waals surface area contributed by atoms with E-state index in [1.165, 1.54) is 321 Å². The van der Waals surface area contributed by atoms with Gasteiger partial charge in [-0.15, -0.1) is 0 Å². The summed E-state index contributed by atoms with van der Waals surface area (Å²) in [5.74, 6) is 6.77. The Labute approximate surface area is 377 Å². The van der Waals surface area contributed by atoms with Gasteiger partial charge in [-0.2, -0.15) is 0 Å². The SMILES string of the molecule is CCCCCCCCCCCCCCCCCCCCCCCCCCCC#CPC#CCCCCCCCCCCCCCCCCCCCCCCCCCCC. The van der Waals surface area contributed by atoms with E-state index in [0.29, 0.717) is 8.58 Å². The molecule has 1 heteroatoms. The largest absolute Gasteiger partial charge is 0.0979 e. The summed E-state index contributed by atoms with van der Waals surface area (Å²) in [6.45, 7) is 4.62. The van der Waals surface area contributed by atoms with Crippen molar-refractivity contribution in [2.45, 2.75) is 348 Å². The number of hydrogen-bond acceptors (Lipinski definition) is 0. The van der Waals surface area contributed by atoms with Crippen molar-refractivity contribution < 1.29 is 0 Å². The second-order valence-corrected chi connectivity index (χ2v) is 19.9.